The second kappa shape index (κ2) is 6.71. The topological polar surface area (TPSA) is 34.4 Å². The van der Waals surface area contributed by atoms with E-state index < -0.39 is 0 Å². The monoisotopic (exact) mass is 225 g/mol. The highest BCUT2D eigenvalue weighted by molar-refractivity contribution is 5.06. The van der Waals surface area contributed by atoms with E-state index in [4.69, 9.17) is 9.15 Å². The molecule has 3 heteroatoms. The Kier molecular flexibility index (Phi) is 5.56. The van der Waals surface area contributed by atoms with Crippen LogP contribution < -0.4 is 5.32 Å². The molecule has 1 rings (SSSR count). The van der Waals surface area contributed by atoms with Gasteiger partial charge >= 0.3 is 0 Å². The molecular weight excluding hydrogens is 202 g/mol. The van der Waals surface area contributed by atoms with Crippen molar-refractivity contribution >= 4 is 0 Å². The van der Waals surface area contributed by atoms with Gasteiger partial charge in [-0.25, -0.2) is 0 Å². The summed E-state index contributed by atoms with van der Waals surface area (Å²) in [6.45, 7) is 7.98. The zero-order valence-corrected chi connectivity index (χ0v) is 10.7. The zero-order chi connectivity index (χ0) is 12.0. The van der Waals surface area contributed by atoms with Gasteiger partial charge in [-0.3, -0.25) is 0 Å². The highest BCUT2D eigenvalue weighted by atomic mass is 16.5. The van der Waals surface area contributed by atoms with Crippen molar-refractivity contribution in [1.29, 1.82) is 0 Å². The van der Waals surface area contributed by atoms with Crippen molar-refractivity contribution in [2.75, 3.05) is 13.7 Å². The minimum absolute atomic E-state index is 0.375. The van der Waals surface area contributed by atoms with Gasteiger partial charge in [-0.05, 0) is 18.1 Å². The van der Waals surface area contributed by atoms with Crippen LogP contribution >= 0.6 is 0 Å². The van der Waals surface area contributed by atoms with E-state index in [0.29, 0.717) is 12.0 Å². The molecule has 0 aromatic carbocycles. The quantitative estimate of drug-likeness (QED) is 0.774. The molecule has 3 nitrogen and oxygen atoms in total. The molecule has 0 saturated carbocycles. The first-order valence-electron chi connectivity index (χ1n) is 5.97. The van der Waals surface area contributed by atoms with Crippen LogP contribution in [0.15, 0.2) is 16.5 Å². The number of ether oxygens (including phenoxy) is 1. The van der Waals surface area contributed by atoms with Gasteiger partial charge in [-0.2, -0.15) is 0 Å². The van der Waals surface area contributed by atoms with Crippen LogP contribution in [0.3, 0.4) is 0 Å². The molecule has 0 spiro atoms. The molecule has 1 aromatic heterocycles. The molecule has 0 radical (unpaired) electrons. The Morgan fingerprint density at radius 1 is 1.31 bits per heavy atom. The number of aryl methyl sites for hydroxylation is 1. The summed E-state index contributed by atoms with van der Waals surface area (Å²) < 4.78 is 10.8. The number of methoxy groups -OCH3 is 1. The fourth-order valence-corrected chi connectivity index (χ4v) is 1.61. The van der Waals surface area contributed by atoms with E-state index in [0.717, 1.165) is 31.1 Å². The molecule has 0 aliphatic heterocycles. The Morgan fingerprint density at radius 3 is 2.50 bits per heavy atom. The maximum absolute atomic E-state index is 5.64. The lowest BCUT2D eigenvalue weighted by Crippen LogP contribution is -2.37. The maximum Gasteiger partial charge on any atom is 0.117 e. The summed E-state index contributed by atoms with van der Waals surface area (Å²) >= 11 is 0. The minimum Gasteiger partial charge on any atom is -0.465 e. The third kappa shape index (κ3) is 3.99. The lowest BCUT2D eigenvalue weighted by Gasteiger charge is -2.20. The maximum atomic E-state index is 5.64. The van der Waals surface area contributed by atoms with Gasteiger partial charge in [0.1, 0.15) is 11.5 Å². The van der Waals surface area contributed by atoms with Crippen LogP contribution in [0.1, 0.15) is 32.3 Å². The largest absolute Gasteiger partial charge is 0.465 e. The first-order valence-corrected chi connectivity index (χ1v) is 5.97. The van der Waals surface area contributed by atoms with Crippen LogP contribution in [0, 0.1) is 5.92 Å². The molecule has 0 aliphatic carbocycles. The van der Waals surface area contributed by atoms with Gasteiger partial charge in [0, 0.05) is 19.6 Å². The van der Waals surface area contributed by atoms with Crippen LogP contribution in [0.5, 0.6) is 0 Å². The van der Waals surface area contributed by atoms with Crippen LogP contribution in [0.2, 0.25) is 0 Å². The van der Waals surface area contributed by atoms with Crippen molar-refractivity contribution in [2.45, 2.75) is 39.8 Å². The second-order valence-electron chi connectivity index (χ2n) is 4.41. The third-order valence-electron chi connectivity index (χ3n) is 2.76. The molecule has 92 valence electrons. The van der Waals surface area contributed by atoms with E-state index in [1.807, 2.05) is 12.1 Å². The molecule has 0 fully saturated rings. The standard InChI is InChI=1S/C13H23NO2/c1-5-11-6-7-12(16-11)8-14-13(9-15-4)10(2)3/h6-7,10,13-14H,5,8-9H2,1-4H3. The number of furan rings is 1. The summed E-state index contributed by atoms with van der Waals surface area (Å²) in [7, 11) is 1.74. The molecule has 1 N–H and O–H groups in total. The first kappa shape index (κ1) is 13.3. The Bertz CT molecular complexity index is 294. The lowest BCUT2D eigenvalue weighted by atomic mass is 10.1. The average Bonchev–Trinajstić information content (AvgIpc) is 2.71. The molecule has 0 saturated heterocycles. The highest BCUT2D eigenvalue weighted by Crippen LogP contribution is 2.09. The molecule has 1 heterocycles. The van der Waals surface area contributed by atoms with Gasteiger partial charge in [-0.1, -0.05) is 20.8 Å². The Morgan fingerprint density at radius 2 is 2.00 bits per heavy atom. The van der Waals surface area contributed by atoms with Gasteiger partial charge in [0.05, 0.1) is 13.2 Å². The molecule has 1 aromatic rings. The Balaban J connectivity index is 2.42. The minimum atomic E-state index is 0.375. The van der Waals surface area contributed by atoms with E-state index in [9.17, 15) is 0 Å². The highest BCUT2D eigenvalue weighted by Gasteiger charge is 2.12. The molecule has 1 unspecified atom stereocenters. The van der Waals surface area contributed by atoms with Gasteiger partial charge in [-0.15, -0.1) is 0 Å². The number of nitrogens with one attached hydrogen (secondary N) is 1. The van der Waals surface area contributed by atoms with Gasteiger partial charge in [0.15, 0.2) is 0 Å². The average molecular weight is 225 g/mol. The Hall–Kier alpha value is -0.800. The predicted molar refractivity (Wildman–Crippen MR) is 65.4 cm³/mol. The van der Waals surface area contributed by atoms with E-state index >= 15 is 0 Å². The summed E-state index contributed by atoms with van der Waals surface area (Å²) in [5.74, 6) is 2.60. The van der Waals surface area contributed by atoms with Crippen molar-refractivity contribution < 1.29 is 9.15 Å². The molecule has 1 atom stereocenters. The Labute approximate surface area is 98.2 Å². The fourth-order valence-electron chi connectivity index (χ4n) is 1.61. The van der Waals surface area contributed by atoms with E-state index in [1.54, 1.807) is 7.11 Å². The van der Waals surface area contributed by atoms with Crippen LogP contribution in [0.4, 0.5) is 0 Å². The number of hydrogen-bond acceptors (Lipinski definition) is 3. The van der Waals surface area contributed by atoms with E-state index in [1.165, 1.54) is 0 Å². The SMILES string of the molecule is CCc1ccc(CNC(COC)C(C)C)o1. The van der Waals surface area contributed by atoms with Crippen LogP contribution in [-0.2, 0) is 17.7 Å². The van der Waals surface area contributed by atoms with Crippen molar-refractivity contribution in [3.8, 4) is 0 Å². The van der Waals surface area contributed by atoms with E-state index in [2.05, 4.69) is 26.1 Å². The van der Waals surface area contributed by atoms with E-state index in [-0.39, 0.29) is 0 Å². The van der Waals surface area contributed by atoms with Crippen molar-refractivity contribution in [1.82, 2.24) is 5.32 Å². The molecule has 0 bridgehead atoms. The smallest absolute Gasteiger partial charge is 0.117 e. The molecule has 0 aliphatic rings. The third-order valence-corrected chi connectivity index (χ3v) is 2.76. The van der Waals surface area contributed by atoms with Crippen LogP contribution in [-0.4, -0.2) is 19.8 Å². The predicted octanol–water partition coefficient (Wildman–Crippen LogP) is 2.60. The van der Waals surface area contributed by atoms with Gasteiger partial charge < -0.3 is 14.5 Å². The second-order valence-corrected chi connectivity index (χ2v) is 4.41. The number of hydrogen-bond donors (Lipinski definition) is 1. The molecular formula is C13H23NO2. The summed E-state index contributed by atoms with van der Waals surface area (Å²) in [5, 5.41) is 3.46. The lowest BCUT2D eigenvalue weighted by molar-refractivity contribution is 0.145. The molecule has 0 amide bonds. The fraction of sp³-hybridized carbons (Fsp3) is 0.692. The van der Waals surface area contributed by atoms with Gasteiger partial charge in [0.25, 0.3) is 0 Å². The summed E-state index contributed by atoms with van der Waals surface area (Å²) in [5.41, 5.74) is 0. The molecule has 16 heavy (non-hydrogen) atoms. The van der Waals surface area contributed by atoms with Crippen molar-refractivity contribution in [2.24, 2.45) is 5.92 Å². The zero-order valence-electron chi connectivity index (χ0n) is 10.7. The summed E-state index contributed by atoms with van der Waals surface area (Å²) in [6, 6.07) is 4.45. The normalized spacial score (nSPS) is 13.3. The van der Waals surface area contributed by atoms with Crippen LogP contribution in [0.25, 0.3) is 0 Å². The van der Waals surface area contributed by atoms with Crippen molar-refractivity contribution in [3.05, 3.63) is 23.7 Å². The summed E-state index contributed by atoms with van der Waals surface area (Å²) in [4.78, 5) is 0. The summed E-state index contributed by atoms with van der Waals surface area (Å²) in [6.07, 6.45) is 0.950. The number of rotatable bonds is 7. The van der Waals surface area contributed by atoms with Crippen molar-refractivity contribution in [3.63, 3.8) is 0 Å². The van der Waals surface area contributed by atoms with Gasteiger partial charge in [0.2, 0.25) is 0 Å². The first-order chi connectivity index (χ1) is 7.67.